The number of aryl methyl sites for hydroxylation is 2. The maximum absolute atomic E-state index is 5.28. The molecule has 0 unspecified atom stereocenters. The van der Waals surface area contributed by atoms with Crippen molar-refractivity contribution >= 4 is 23.0 Å². The van der Waals surface area contributed by atoms with Gasteiger partial charge in [0.15, 0.2) is 5.11 Å². The summed E-state index contributed by atoms with van der Waals surface area (Å²) >= 11 is 5.28. The van der Waals surface area contributed by atoms with Crippen LogP contribution in [-0.4, -0.2) is 21.6 Å². The molecule has 0 aliphatic rings. The molecular formula is C14H18N4S. The van der Waals surface area contributed by atoms with Gasteiger partial charge in [-0.2, -0.15) is 0 Å². The molecule has 3 N–H and O–H groups in total. The van der Waals surface area contributed by atoms with Crippen LogP contribution in [0.4, 0.5) is 5.69 Å². The van der Waals surface area contributed by atoms with Gasteiger partial charge in [-0.15, -0.1) is 0 Å². The van der Waals surface area contributed by atoms with Crippen LogP contribution >= 0.6 is 12.2 Å². The number of nitrogens with zero attached hydrogens (tertiary/aromatic N) is 1. The molecule has 2 aromatic rings. The van der Waals surface area contributed by atoms with E-state index < -0.39 is 0 Å². The van der Waals surface area contributed by atoms with Crippen LogP contribution in [0, 0.1) is 13.8 Å². The molecule has 0 saturated heterocycles. The molecule has 19 heavy (non-hydrogen) atoms. The molecule has 4 nitrogen and oxygen atoms in total. The molecule has 5 heteroatoms. The second kappa shape index (κ2) is 6.33. The van der Waals surface area contributed by atoms with Crippen molar-refractivity contribution in [3.8, 4) is 0 Å². The van der Waals surface area contributed by atoms with Gasteiger partial charge in [-0.1, -0.05) is 17.7 Å². The van der Waals surface area contributed by atoms with Crippen molar-refractivity contribution in [2.45, 2.75) is 20.3 Å². The highest BCUT2D eigenvalue weighted by Crippen LogP contribution is 2.15. The summed E-state index contributed by atoms with van der Waals surface area (Å²) in [5.74, 6) is 0. The van der Waals surface area contributed by atoms with Crippen molar-refractivity contribution in [1.29, 1.82) is 0 Å². The highest BCUT2D eigenvalue weighted by molar-refractivity contribution is 7.80. The molecule has 2 rings (SSSR count). The maximum Gasteiger partial charge on any atom is 0.170 e. The lowest BCUT2D eigenvalue weighted by molar-refractivity contribution is 0.853. The van der Waals surface area contributed by atoms with Crippen molar-refractivity contribution in [2.24, 2.45) is 0 Å². The molecule has 1 aromatic carbocycles. The predicted octanol–water partition coefficient (Wildman–Crippen LogP) is 2.56. The van der Waals surface area contributed by atoms with Crippen LogP contribution in [0.25, 0.3) is 0 Å². The summed E-state index contributed by atoms with van der Waals surface area (Å²) in [6.07, 6.45) is 4.37. The zero-order valence-electron chi connectivity index (χ0n) is 11.2. The van der Waals surface area contributed by atoms with E-state index in [4.69, 9.17) is 12.2 Å². The summed E-state index contributed by atoms with van der Waals surface area (Å²) in [6, 6.07) is 6.26. The number of aromatic amines is 1. The smallest absolute Gasteiger partial charge is 0.170 e. The normalized spacial score (nSPS) is 10.2. The van der Waals surface area contributed by atoms with E-state index >= 15 is 0 Å². The highest BCUT2D eigenvalue weighted by atomic mass is 32.1. The Kier molecular flexibility index (Phi) is 4.52. The quantitative estimate of drug-likeness (QED) is 0.750. The summed E-state index contributed by atoms with van der Waals surface area (Å²) in [5.41, 5.74) is 4.59. The van der Waals surface area contributed by atoms with Gasteiger partial charge >= 0.3 is 0 Å². The second-order valence-electron chi connectivity index (χ2n) is 4.53. The molecule has 0 spiro atoms. The van der Waals surface area contributed by atoms with Gasteiger partial charge in [0.1, 0.15) is 0 Å². The Balaban J connectivity index is 1.80. The summed E-state index contributed by atoms with van der Waals surface area (Å²) in [4.78, 5) is 7.04. The third-order valence-electron chi connectivity index (χ3n) is 2.86. The van der Waals surface area contributed by atoms with E-state index in [2.05, 4.69) is 46.6 Å². The molecule has 1 heterocycles. The van der Waals surface area contributed by atoms with Gasteiger partial charge in [0.2, 0.25) is 0 Å². The van der Waals surface area contributed by atoms with E-state index in [1.54, 1.807) is 6.33 Å². The highest BCUT2D eigenvalue weighted by Gasteiger charge is 2.01. The van der Waals surface area contributed by atoms with E-state index in [-0.39, 0.29) is 0 Å². The monoisotopic (exact) mass is 274 g/mol. The average Bonchev–Trinajstić information content (AvgIpc) is 2.86. The molecule has 0 bridgehead atoms. The summed E-state index contributed by atoms with van der Waals surface area (Å²) in [6.45, 7) is 4.93. The molecule has 0 saturated carbocycles. The van der Waals surface area contributed by atoms with Crippen LogP contribution in [0.15, 0.2) is 30.7 Å². The van der Waals surface area contributed by atoms with Gasteiger partial charge in [0.25, 0.3) is 0 Å². The molecule has 100 valence electrons. The first kappa shape index (κ1) is 13.5. The van der Waals surface area contributed by atoms with E-state index in [0.29, 0.717) is 5.11 Å². The Morgan fingerprint density at radius 3 is 2.89 bits per heavy atom. The average molecular weight is 274 g/mol. The van der Waals surface area contributed by atoms with Gasteiger partial charge < -0.3 is 15.6 Å². The summed E-state index contributed by atoms with van der Waals surface area (Å²) in [7, 11) is 0. The number of thiocarbonyl (C=S) groups is 1. The molecular weight excluding hydrogens is 256 g/mol. The predicted molar refractivity (Wildman–Crippen MR) is 82.4 cm³/mol. The number of hydrogen-bond acceptors (Lipinski definition) is 2. The minimum Gasteiger partial charge on any atom is -0.362 e. The number of imidazole rings is 1. The molecule has 0 atom stereocenters. The van der Waals surface area contributed by atoms with Crippen molar-refractivity contribution in [3.05, 3.63) is 47.5 Å². The standard InChI is InChI=1S/C14H18N4S/c1-10-3-4-13(11(2)7-10)18-14(19)16-6-5-12-8-15-9-17-12/h3-4,7-9H,5-6H2,1-2H3,(H,15,17)(H2,16,18,19). The van der Waals surface area contributed by atoms with Crippen LogP contribution in [0.2, 0.25) is 0 Å². The van der Waals surface area contributed by atoms with Gasteiger partial charge in [-0.3, -0.25) is 0 Å². The minimum atomic E-state index is 0.645. The zero-order chi connectivity index (χ0) is 13.7. The fraction of sp³-hybridized carbons (Fsp3) is 0.286. The van der Waals surface area contributed by atoms with Gasteiger partial charge in [-0.25, -0.2) is 4.98 Å². The number of benzene rings is 1. The first-order valence-corrected chi connectivity index (χ1v) is 6.65. The van der Waals surface area contributed by atoms with Crippen LogP contribution in [-0.2, 0) is 6.42 Å². The van der Waals surface area contributed by atoms with Crippen LogP contribution in [0.3, 0.4) is 0 Å². The number of anilines is 1. The SMILES string of the molecule is Cc1ccc(NC(=S)NCCc2cnc[nH]2)c(C)c1. The number of H-pyrrole nitrogens is 1. The Morgan fingerprint density at radius 1 is 1.37 bits per heavy atom. The Bertz CT molecular complexity index is 549. The topological polar surface area (TPSA) is 52.7 Å². The third-order valence-corrected chi connectivity index (χ3v) is 3.11. The number of nitrogens with one attached hydrogen (secondary N) is 3. The minimum absolute atomic E-state index is 0.645. The van der Waals surface area contributed by atoms with E-state index in [0.717, 1.165) is 24.3 Å². The Labute approximate surface area is 118 Å². The second-order valence-corrected chi connectivity index (χ2v) is 4.93. The molecule has 0 aliphatic carbocycles. The Morgan fingerprint density at radius 2 is 2.21 bits per heavy atom. The van der Waals surface area contributed by atoms with Crippen molar-refractivity contribution in [1.82, 2.24) is 15.3 Å². The number of rotatable bonds is 4. The molecule has 1 aromatic heterocycles. The molecule has 0 radical (unpaired) electrons. The van der Waals surface area contributed by atoms with E-state index in [1.165, 1.54) is 11.1 Å². The first-order valence-electron chi connectivity index (χ1n) is 6.24. The van der Waals surface area contributed by atoms with Gasteiger partial charge in [-0.05, 0) is 37.7 Å². The lowest BCUT2D eigenvalue weighted by Crippen LogP contribution is -2.30. The molecule has 0 amide bonds. The third kappa shape index (κ3) is 4.06. The molecule has 0 aliphatic heterocycles. The van der Waals surface area contributed by atoms with Crippen LogP contribution in [0.5, 0.6) is 0 Å². The van der Waals surface area contributed by atoms with Crippen molar-refractivity contribution < 1.29 is 0 Å². The van der Waals surface area contributed by atoms with Crippen LogP contribution in [0.1, 0.15) is 16.8 Å². The largest absolute Gasteiger partial charge is 0.362 e. The lowest BCUT2D eigenvalue weighted by Gasteiger charge is -2.12. The van der Waals surface area contributed by atoms with Gasteiger partial charge in [0, 0.05) is 30.5 Å². The van der Waals surface area contributed by atoms with E-state index in [1.807, 2.05) is 12.3 Å². The van der Waals surface area contributed by atoms with Crippen LogP contribution < -0.4 is 10.6 Å². The number of aromatic nitrogens is 2. The lowest BCUT2D eigenvalue weighted by atomic mass is 10.1. The summed E-state index contributed by atoms with van der Waals surface area (Å²) < 4.78 is 0. The van der Waals surface area contributed by atoms with Gasteiger partial charge in [0.05, 0.1) is 6.33 Å². The molecule has 0 fully saturated rings. The fourth-order valence-corrected chi connectivity index (χ4v) is 2.06. The van der Waals surface area contributed by atoms with Crippen molar-refractivity contribution in [3.63, 3.8) is 0 Å². The number of hydrogen-bond donors (Lipinski definition) is 3. The maximum atomic E-state index is 5.28. The summed E-state index contributed by atoms with van der Waals surface area (Å²) in [5, 5.41) is 7.04. The van der Waals surface area contributed by atoms with E-state index in [9.17, 15) is 0 Å². The zero-order valence-corrected chi connectivity index (χ0v) is 12.0. The Hall–Kier alpha value is -1.88. The van der Waals surface area contributed by atoms with Crippen molar-refractivity contribution in [2.75, 3.05) is 11.9 Å². The fourth-order valence-electron chi connectivity index (χ4n) is 1.85. The first-order chi connectivity index (χ1) is 9.15.